The second-order valence-corrected chi connectivity index (χ2v) is 4.60. The molecule has 0 spiro atoms. The molecule has 0 radical (unpaired) electrons. The fourth-order valence-corrected chi connectivity index (χ4v) is 2.19. The molecule has 3 amide bonds. The number of anilines is 1. The summed E-state index contributed by atoms with van der Waals surface area (Å²) >= 11 is 3.37. The number of hydrogen-bond donors (Lipinski definition) is 1. The quantitative estimate of drug-likeness (QED) is 0.859. The maximum absolute atomic E-state index is 11.6. The van der Waals surface area contributed by atoms with Gasteiger partial charge in [-0.3, -0.25) is 15.0 Å². The molecule has 1 N–H and O–H groups in total. The van der Waals surface area contributed by atoms with Crippen LogP contribution in [0.5, 0.6) is 0 Å². The van der Waals surface area contributed by atoms with E-state index in [9.17, 15) is 9.59 Å². The second-order valence-electron chi connectivity index (χ2n) is 3.69. The first-order chi connectivity index (χ1) is 7.58. The molecular weight excluding hydrogens is 272 g/mol. The Bertz CT molecular complexity index is 459. The van der Waals surface area contributed by atoms with Gasteiger partial charge in [-0.05, 0) is 30.7 Å². The lowest BCUT2D eigenvalue weighted by Crippen LogP contribution is -2.49. The van der Waals surface area contributed by atoms with Crippen molar-refractivity contribution in [1.82, 2.24) is 5.32 Å². The molecule has 1 heterocycles. The Hall–Kier alpha value is -1.36. The van der Waals surface area contributed by atoms with E-state index in [-0.39, 0.29) is 11.9 Å². The summed E-state index contributed by atoms with van der Waals surface area (Å²) in [7, 11) is 0. The highest BCUT2D eigenvalue weighted by Gasteiger charge is 2.24. The molecule has 5 heteroatoms. The van der Waals surface area contributed by atoms with Gasteiger partial charge in [0.05, 0.1) is 0 Å². The van der Waals surface area contributed by atoms with Gasteiger partial charge in [0.15, 0.2) is 0 Å². The van der Waals surface area contributed by atoms with Crippen LogP contribution in [0.4, 0.5) is 10.5 Å². The van der Waals surface area contributed by atoms with E-state index in [0.717, 1.165) is 15.7 Å². The number of hydrogen-bond acceptors (Lipinski definition) is 2. The SMILES string of the molecule is Cc1cc(Br)ccc1N1CCC(=O)NC1=O. The van der Waals surface area contributed by atoms with Crippen LogP contribution in [-0.2, 0) is 4.79 Å². The fraction of sp³-hybridized carbons (Fsp3) is 0.273. The molecule has 2 rings (SSSR count). The van der Waals surface area contributed by atoms with Crippen molar-refractivity contribution in [2.24, 2.45) is 0 Å². The van der Waals surface area contributed by atoms with E-state index in [1.165, 1.54) is 0 Å². The molecule has 0 bridgehead atoms. The zero-order chi connectivity index (χ0) is 11.7. The van der Waals surface area contributed by atoms with E-state index in [2.05, 4.69) is 21.2 Å². The zero-order valence-corrected chi connectivity index (χ0v) is 10.4. The van der Waals surface area contributed by atoms with Crippen LogP contribution in [0.25, 0.3) is 0 Å². The first kappa shape index (κ1) is 11.1. The fourth-order valence-electron chi connectivity index (χ4n) is 1.72. The number of halogens is 1. The largest absolute Gasteiger partial charge is 0.328 e. The molecule has 16 heavy (non-hydrogen) atoms. The number of carbonyl (C=O) groups is 2. The van der Waals surface area contributed by atoms with Crippen LogP contribution in [0.1, 0.15) is 12.0 Å². The summed E-state index contributed by atoms with van der Waals surface area (Å²) in [5.41, 5.74) is 1.84. The smallest absolute Gasteiger partial charge is 0.293 e. The molecule has 84 valence electrons. The number of urea groups is 1. The summed E-state index contributed by atoms with van der Waals surface area (Å²) in [4.78, 5) is 24.2. The second kappa shape index (κ2) is 4.25. The number of aryl methyl sites for hydroxylation is 1. The summed E-state index contributed by atoms with van der Waals surface area (Å²) in [6.45, 7) is 2.37. The average molecular weight is 283 g/mol. The summed E-state index contributed by atoms with van der Waals surface area (Å²) in [5.74, 6) is -0.212. The van der Waals surface area contributed by atoms with Crippen LogP contribution < -0.4 is 10.2 Å². The highest BCUT2D eigenvalue weighted by Crippen LogP contribution is 2.25. The topological polar surface area (TPSA) is 49.4 Å². The first-order valence-electron chi connectivity index (χ1n) is 4.95. The van der Waals surface area contributed by atoms with Gasteiger partial charge in [0.25, 0.3) is 0 Å². The van der Waals surface area contributed by atoms with Crippen molar-refractivity contribution in [2.75, 3.05) is 11.4 Å². The Morgan fingerprint density at radius 3 is 2.75 bits per heavy atom. The summed E-state index contributed by atoms with van der Waals surface area (Å²) < 4.78 is 0.974. The zero-order valence-electron chi connectivity index (χ0n) is 8.79. The first-order valence-corrected chi connectivity index (χ1v) is 5.75. The Labute approximate surface area is 102 Å². The molecule has 1 aliphatic heterocycles. The molecule has 0 atom stereocenters. The maximum Gasteiger partial charge on any atom is 0.328 e. The number of benzene rings is 1. The Kier molecular flexibility index (Phi) is 2.96. The lowest BCUT2D eigenvalue weighted by Gasteiger charge is -2.27. The molecule has 1 aromatic carbocycles. The Morgan fingerprint density at radius 1 is 1.38 bits per heavy atom. The predicted octanol–water partition coefficient (Wildman–Crippen LogP) is 2.20. The summed E-state index contributed by atoms with van der Waals surface area (Å²) in [5, 5.41) is 2.31. The molecule has 1 fully saturated rings. The molecule has 0 unspecified atom stereocenters. The van der Waals surface area contributed by atoms with Crippen LogP contribution in [0.15, 0.2) is 22.7 Å². The summed E-state index contributed by atoms with van der Waals surface area (Å²) in [6.07, 6.45) is 0.348. The number of rotatable bonds is 1. The van der Waals surface area contributed by atoms with Gasteiger partial charge in [0.2, 0.25) is 5.91 Å². The van der Waals surface area contributed by atoms with E-state index in [4.69, 9.17) is 0 Å². The van der Waals surface area contributed by atoms with E-state index >= 15 is 0 Å². The third-order valence-corrected chi connectivity index (χ3v) is 3.00. The monoisotopic (exact) mass is 282 g/mol. The van der Waals surface area contributed by atoms with Crippen molar-refractivity contribution in [3.05, 3.63) is 28.2 Å². The van der Waals surface area contributed by atoms with Crippen LogP contribution in [0, 0.1) is 6.92 Å². The maximum atomic E-state index is 11.6. The molecule has 0 aromatic heterocycles. The van der Waals surface area contributed by atoms with Gasteiger partial charge >= 0.3 is 6.03 Å². The van der Waals surface area contributed by atoms with E-state index < -0.39 is 0 Å². The number of carbonyl (C=O) groups excluding carboxylic acids is 2. The Balaban J connectivity index is 2.30. The van der Waals surface area contributed by atoms with Crippen LogP contribution in [0.3, 0.4) is 0 Å². The van der Waals surface area contributed by atoms with Gasteiger partial charge in [0, 0.05) is 23.1 Å². The van der Waals surface area contributed by atoms with Gasteiger partial charge in [-0.15, -0.1) is 0 Å². The van der Waals surface area contributed by atoms with E-state index in [1.807, 2.05) is 25.1 Å². The normalized spacial score (nSPS) is 16.2. The van der Waals surface area contributed by atoms with E-state index in [0.29, 0.717) is 13.0 Å². The summed E-state index contributed by atoms with van der Waals surface area (Å²) in [6, 6.07) is 5.35. The highest BCUT2D eigenvalue weighted by molar-refractivity contribution is 9.10. The van der Waals surface area contributed by atoms with Gasteiger partial charge in [-0.2, -0.15) is 0 Å². The van der Waals surface area contributed by atoms with Gasteiger partial charge in [-0.1, -0.05) is 15.9 Å². The minimum absolute atomic E-state index is 0.212. The van der Waals surface area contributed by atoms with Crippen LogP contribution in [0.2, 0.25) is 0 Å². The number of nitrogens with zero attached hydrogens (tertiary/aromatic N) is 1. The minimum atomic E-state index is -0.346. The number of amides is 3. The average Bonchev–Trinajstić information content (AvgIpc) is 2.19. The molecule has 0 aliphatic carbocycles. The molecule has 0 saturated carbocycles. The molecule has 1 aliphatic rings. The Morgan fingerprint density at radius 2 is 2.12 bits per heavy atom. The van der Waals surface area contributed by atoms with E-state index in [1.54, 1.807) is 4.90 Å². The van der Waals surface area contributed by atoms with Gasteiger partial charge < -0.3 is 0 Å². The highest BCUT2D eigenvalue weighted by atomic mass is 79.9. The van der Waals surface area contributed by atoms with Gasteiger partial charge in [-0.25, -0.2) is 4.79 Å². The number of nitrogens with one attached hydrogen (secondary N) is 1. The lowest BCUT2D eigenvalue weighted by atomic mass is 10.1. The van der Waals surface area contributed by atoms with Crippen LogP contribution in [-0.4, -0.2) is 18.5 Å². The third kappa shape index (κ3) is 2.09. The van der Waals surface area contributed by atoms with Crippen molar-refractivity contribution in [3.63, 3.8) is 0 Å². The third-order valence-electron chi connectivity index (χ3n) is 2.50. The van der Waals surface area contributed by atoms with Gasteiger partial charge in [0.1, 0.15) is 0 Å². The van der Waals surface area contributed by atoms with Crippen molar-refractivity contribution in [2.45, 2.75) is 13.3 Å². The van der Waals surface area contributed by atoms with Crippen molar-refractivity contribution >= 4 is 33.6 Å². The number of imide groups is 1. The molecule has 1 saturated heterocycles. The van der Waals surface area contributed by atoms with Crippen LogP contribution >= 0.6 is 15.9 Å². The van der Waals surface area contributed by atoms with Crippen molar-refractivity contribution in [1.29, 1.82) is 0 Å². The van der Waals surface area contributed by atoms with Crippen molar-refractivity contribution in [3.8, 4) is 0 Å². The standard InChI is InChI=1S/C11H11BrN2O2/c1-7-6-8(12)2-3-9(7)14-5-4-10(15)13-11(14)16/h2-3,6H,4-5H2,1H3,(H,13,15,16). The molecule has 1 aromatic rings. The van der Waals surface area contributed by atoms with Crippen molar-refractivity contribution < 1.29 is 9.59 Å². The minimum Gasteiger partial charge on any atom is -0.293 e. The molecule has 4 nitrogen and oxygen atoms in total. The molecular formula is C11H11BrN2O2. The predicted molar refractivity (Wildman–Crippen MR) is 64.4 cm³/mol. The lowest BCUT2D eigenvalue weighted by molar-refractivity contribution is -0.120.